The fraction of sp³-hybridized carbons (Fsp3) is 0.429. The number of benzene rings is 3. The lowest BCUT2D eigenvalue weighted by atomic mass is 9.97. The smallest absolute Gasteiger partial charge is 0.330 e. The zero-order chi connectivity index (χ0) is 47.0. The molecule has 3 aliphatic heterocycles. The zero-order valence-electron chi connectivity index (χ0n) is 33.8. The van der Waals surface area contributed by atoms with Gasteiger partial charge in [0, 0.05) is 23.8 Å². The van der Waals surface area contributed by atoms with Gasteiger partial charge in [-0.25, -0.2) is 4.79 Å². The zero-order valence-corrected chi connectivity index (χ0v) is 33.8. The van der Waals surface area contributed by atoms with Crippen molar-refractivity contribution in [2.24, 2.45) is 0 Å². The molecule has 1 aromatic heterocycles. The molecule has 23 nitrogen and oxygen atoms in total. The van der Waals surface area contributed by atoms with E-state index in [0.29, 0.717) is 5.56 Å². The molecular weight excluding hydrogens is 872 g/mol. The molecule has 7 rings (SSSR count). The van der Waals surface area contributed by atoms with Gasteiger partial charge in [-0.2, -0.15) is 0 Å². The number of carbonyl (C=O) groups is 1. The summed E-state index contributed by atoms with van der Waals surface area (Å²) in [5, 5.41) is 135. The first-order valence-corrected chi connectivity index (χ1v) is 19.9. The third-order valence-electron chi connectivity index (χ3n) is 10.9. The Bertz CT molecular complexity index is 2400. The van der Waals surface area contributed by atoms with Gasteiger partial charge < -0.3 is 104 Å². The molecule has 0 amide bonds. The van der Waals surface area contributed by atoms with Crippen molar-refractivity contribution in [3.8, 4) is 45.8 Å². The van der Waals surface area contributed by atoms with E-state index in [1.165, 1.54) is 55.5 Å². The van der Waals surface area contributed by atoms with Crippen molar-refractivity contribution in [3.05, 3.63) is 76.5 Å². The average molecular weight is 919 g/mol. The van der Waals surface area contributed by atoms with E-state index in [0.717, 1.165) is 18.2 Å². The first-order chi connectivity index (χ1) is 30.9. The molecule has 3 saturated heterocycles. The molecule has 3 aromatic carbocycles. The van der Waals surface area contributed by atoms with E-state index >= 15 is 0 Å². The Balaban J connectivity index is 1.10. The molecule has 15 atom stereocenters. The summed E-state index contributed by atoms with van der Waals surface area (Å²) in [5.41, 5.74) is -0.972. The average Bonchev–Trinajstić information content (AvgIpc) is 3.27. The Morgan fingerprint density at radius 3 is 2.00 bits per heavy atom. The van der Waals surface area contributed by atoms with E-state index in [4.69, 9.17) is 37.6 Å². The van der Waals surface area contributed by atoms with Crippen LogP contribution < -0.4 is 14.9 Å². The third-order valence-corrected chi connectivity index (χ3v) is 10.9. The van der Waals surface area contributed by atoms with Gasteiger partial charge in [-0.05, 0) is 55.0 Å². The van der Waals surface area contributed by atoms with Crippen molar-refractivity contribution >= 4 is 23.0 Å². The number of phenols is 4. The topological polar surface area (TPSA) is 375 Å². The molecule has 13 N–H and O–H groups in total. The predicted molar refractivity (Wildman–Crippen MR) is 214 cm³/mol. The number of rotatable bonds is 12. The van der Waals surface area contributed by atoms with E-state index < -0.39 is 139 Å². The molecule has 352 valence electrons. The van der Waals surface area contributed by atoms with Gasteiger partial charge in [0.15, 0.2) is 23.5 Å². The molecule has 3 fully saturated rings. The summed E-state index contributed by atoms with van der Waals surface area (Å²) < 4.78 is 45.2. The Hall–Kier alpha value is -5.64. The van der Waals surface area contributed by atoms with E-state index in [1.54, 1.807) is 0 Å². The minimum absolute atomic E-state index is 0.107. The van der Waals surface area contributed by atoms with Crippen LogP contribution in [-0.4, -0.2) is 178 Å². The first-order valence-electron chi connectivity index (χ1n) is 19.9. The fourth-order valence-corrected chi connectivity index (χ4v) is 7.25. The molecule has 65 heavy (non-hydrogen) atoms. The van der Waals surface area contributed by atoms with Crippen molar-refractivity contribution in [1.29, 1.82) is 0 Å². The summed E-state index contributed by atoms with van der Waals surface area (Å²) in [7, 11) is 0. The van der Waals surface area contributed by atoms with Gasteiger partial charge in [0.2, 0.25) is 23.8 Å². The molecule has 0 saturated carbocycles. The number of aliphatic hydroxyl groups excluding tert-OH is 9. The van der Waals surface area contributed by atoms with Gasteiger partial charge in [0.25, 0.3) is 0 Å². The predicted octanol–water partition coefficient (Wildman–Crippen LogP) is -2.24. The van der Waals surface area contributed by atoms with E-state index in [-0.39, 0.29) is 34.2 Å². The van der Waals surface area contributed by atoms with Gasteiger partial charge in [-0.15, -0.1) is 0 Å². The molecule has 4 heterocycles. The summed E-state index contributed by atoms with van der Waals surface area (Å²) >= 11 is 0. The normalized spacial score (nSPS) is 32.9. The lowest BCUT2D eigenvalue weighted by Crippen LogP contribution is -2.64. The van der Waals surface area contributed by atoms with Gasteiger partial charge in [-0.1, -0.05) is 6.07 Å². The van der Waals surface area contributed by atoms with Crippen LogP contribution in [0.3, 0.4) is 0 Å². The maximum atomic E-state index is 14.1. The highest BCUT2D eigenvalue weighted by Gasteiger charge is 2.51. The fourth-order valence-electron chi connectivity index (χ4n) is 7.25. The van der Waals surface area contributed by atoms with Gasteiger partial charge in [-0.3, -0.25) is 4.79 Å². The number of aliphatic hydroxyl groups is 9. The second-order valence-electron chi connectivity index (χ2n) is 15.4. The van der Waals surface area contributed by atoms with Gasteiger partial charge >= 0.3 is 5.97 Å². The van der Waals surface area contributed by atoms with Crippen molar-refractivity contribution < 1.29 is 109 Å². The highest BCUT2D eigenvalue weighted by Crippen LogP contribution is 2.39. The second kappa shape index (κ2) is 19.4. The summed E-state index contributed by atoms with van der Waals surface area (Å²) in [4.78, 5) is 26.5. The van der Waals surface area contributed by atoms with Crippen molar-refractivity contribution in [3.63, 3.8) is 0 Å². The Morgan fingerprint density at radius 2 is 1.32 bits per heavy atom. The Kier molecular flexibility index (Phi) is 14.2. The largest absolute Gasteiger partial charge is 0.508 e. The molecular formula is C42H46O23. The molecule has 0 aliphatic carbocycles. The first kappa shape index (κ1) is 47.3. The molecule has 3 aliphatic rings. The van der Waals surface area contributed by atoms with E-state index in [9.17, 15) is 76.0 Å². The number of carbonyl (C=O) groups excluding carboxylic acids is 1. The number of aromatic hydroxyl groups is 4. The molecule has 4 aromatic rings. The summed E-state index contributed by atoms with van der Waals surface area (Å²) in [5.74, 6) is -4.03. The number of hydrogen-bond acceptors (Lipinski definition) is 23. The molecule has 0 unspecified atom stereocenters. The lowest BCUT2D eigenvalue weighted by Gasteiger charge is -2.45. The van der Waals surface area contributed by atoms with E-state index in [1.807, 2.05) is 0 Å². The number of ether oxygens (including phenoxy) is 7. The van der Waals surface area contributed by atoms with Crippen LogP contribution in [0.5, 0.6) is 34.5 Å². The van der Waals surface area contributed by atoms with Crippen LogP contribution in [0.1, 0.15) is 12.5 Å². The summed E-state index contributed by atoms with van der Waals surface area (Å²) in [6.45, 7) is -0.128. The van der Waals surface area contributed by atoms with Crippen LogP contribution in [0.4, 0.5) is 0 Å². The van der Waals surface area contributed by atoms with Crippen LogP contribution in [0.2, 0.25) is 0 Å². The molecule has 0 bridgehead atoms. The minimum Gasteiger partial charge on any atom is -0.508 e. The number of esters is 1. The SMILES string of the molecule is C[C@@H]1O[C@H](Oc2cc(O)c3c(=O)c(O[C@@H]4O[C@H](CO)[C@@H](O)[C@H](O)[C@H]4O)c(-c4ccc(O)cc4)oc3c2)[C@H](O)[C@H](O[C@@H]2O[C@H](COC(=O)/C=C/c3ccc(O)c(O)c3)[C@@H](O)[C@H](O)[C@H]2O)[C@H]1O. The second-order valence-corrected chi connectivity index (χ2v) is 15.4. The molecule has 0 spiro atoms. The maximum absolute atomic E-state index is 14.1. The van der Waals surface area contributed by atoms with Crippen molar-refractivity contribution in [2.45, 2.75) is 99.0 Å². The summed E-state index contributed by atoms with van der Waals surface area (Å²) in [6.07, 6.45) is -24.0. The highest BCUT2D eigenvalue weighted by molar-refractivity contribution is 5.88. The van der Waals surface area contributed by atoms with Crippen LogP contribution in [0, 0.1) is 0 Å². The van der Waals surface area contributed by atoms with Crippen LogP contribution >= 0.6 is 0 Å². The lowest BCUT2D eigenvalue weighted by molar-refractivity contribution is -0.350. The summed E-state index contributed by atoms with van der Waals surface area (Å²) in [6, 6.07) is 10.9. The van der Waals surface area contributed by atoms with Gasteiger partial charge in [0.05, 0.1) is 12.7 Å². The highest BCUT2D eigenvalue weighted by atomic mass is 16.7. The van der Waals surface area contributed by atoms with Crippen LogP contribution in [0.15, 0.2) is 69.9 Å². The van der Waals surface area contributed by atoms with Crippen LogP contribution in [-0.2, 0) is 28.5 Å². The van der Waals surface area contributed by atoms with Gasteiger partial charge in [0.1, 0.15) is 102 Å². The molecule has 23 heteroatoms. The number of phenolic OH excluding ortho intramolecular Hbond substituents is 4. The molecule has 0 radical (unpaired) electrons. The van der Waals surface area contributed by atoms with Crippen molar-refractivity contribution in [1.82, 2.24) is 0 Å². The number of hydrogen-bond donors (Lipinski definition) is 13. The number of fused-ring (bicyclic) bond motifs is 1. The Morgan fingerprint density at radius 1 is 0.677 bits per heavy atom. The standard InChI is InChI=1S/C42H46O23/c1-15-28(49)38(64-41-35(56)33(54)30(51)25(63-41)14-58-26(48)9-3-16-2-8-20(45)21(46)10-16)36(57)42(59-15)60-19-11-22(47)27-23(12-19)61-37(17-4-6-18(44)7-5-17)39(31(27)52)65-40-34(55)32(53)29(50)24(13-43)62-40/h2-12,15,24-25,28-30,32-36,38,40-47,49-51,53-57H,13-14H2,1H3/b9-3+/t15-,24+,25+,28-,29+,30+,32-,33-,34+,35+,36+,38+,40-,41-,42+/m0/s1. The van der Waals surface area contributed by atoms with Crippen molar-refractivity contribution in [2.75, 3.05) is 13.2 Å². The third kappa shape index (κ3) is 9.83. The maximum Gasteiger partial charge on any atom is 0.330 e. The van der Waals surface area contributed by atoms with Crippen LogP contribution in [0.25, 0.3) is 28.4 Å². The van der Waals surface area contributed by atoms with E-state index in [2.05, 4.69) is 0 Å². The Labute approximate surface area is 365 Å². The quantitative estimate of drug-likeness (QED) is 0.0406. The monoisotopic (exact) mass is 918 g/mol. The minimum atomic E-state index is -1.98.